The van der Waals surface area contributed by atoms with Crippen molar-refractivity contribution >= 4 is 23.2 Å². The fourth-order valence-corrected chi connectivity index (χ4v) is 2.21. The van der Waals surface area contributed by atoms with Crippen LogP contribution in [0.3, 0.4) is 0 Å². The topological polar surface area (TPSA) is 63.4 Å². The fourth-order valence-electron chi connectivity index (χ4n) is 1.96. The number of carbonyl (C=O) groups is 1. The highest BCUT2D eigenvalue weighted by molar-refractivity contribution is 6.33. The van der Waals surface area contributed by atoms with Crippen LogP contribution in [0, 0.1) is 10.1 Å². The van der Waals surface area contributed by atoms with E-state index in [1.807, 2.05) is 0 Å². The lowest BCUT2D eigenvalue weighted by molar-refractivity contribution is -0.385. The minimum atomic E-state index is -0.606. The first-order valence-corrected chi connectivity index (χ1v) is 5.71. The minimum absolute atomic E-state index is 0.0000435. The Balaban J connectivity index is 2.40. The van der Waals surface area contributed by atoms with E-state index in [2.05, 4.69) is 0 Å². The van der Waals surface area contributed by atoms with E-state index in [-0.39, 0.29) is 22.2 Å². The van der Waals surface area contributed by atoms with Gasteiger partial charge in [-0.05, 0) is 25.0 Å². The number of hydrogen-bond donors (Lipinski definition) is 0. The lowest BCUT2D eigenvalue weighted by Crippen LogP contribution is -2.28. The Hall–Kier alpha value is -1.62. The Bertz CT molecular complexity index is 470. The van der Waals surface area contributed by atoms with Gasteiger partial charge in [0.1, 0.15) is 10.6 Å². The first-order valence-electron chi connectivity index (χ1n) is 5.33. The Morgan fingerprint density at radius 2 is 2.00 bits per heavy atom. The van der Waals surface area contributed by atoms with Gasteiger partial charge < -0.3 is 4.90 Å². The zero-order valence-electron chi connectivity index (χ0n) is 9.06. The van der Waals surface area contributed by atoms with E-state index >= 15 is 0 Å². The number of halogens is 1. The fraction of sp³-hybridized carbons (Fsp3) is 0.364. The number of para-hydroxylation sites is 1. The Morgan fingerprint density at radius 1 is 1.35 bits per heavy atom. The average molecular weight is 255 g/mol. The van der Waals surface area contributed by atoms with Crippen molar-refractivity contribution in [2.24, 2.45) is 0 Å². The molecule has 0 bridgehead atoms. The first-order chi connectivity index (χ1) is 8.11. The molecule has 0 aliphatic carbocycles. The van der Waals surface area contributed by atoms with Crippen molar-refractivity contribution in [1.82, 2.24) is 4.90 Å². The smallest absolute Gasteiger partial charge is 0.300 e. The molecular weight excluding hydrogens is 244 g/mol. The van der Waals surface area contributed by atoms with Gasteiger partial charge in [0.2, 0.25) is 0 Å². The molecule has 1 aromatic rings. The second-order valence-corrected chi connectivity index (χ2v) is 4.30. The number of nitro groups is 1. The summed E-state index contributed by atoms with van der Waals surface area (Å²) in [6.07, 6.45) is 1.89. The molecule has 2 rings (SSSR count). The predicted octanol–water partition coefficient (Wildman–Crippen LogP) is 2.48. The van der Waals surface area contributed by atoms with Crippen molar-refractivity contribution in [3.63, 3.8) is 0 Å². The summed E-state index contributed by atoms with van der Waals surface area (Å²) >= 11 is 5.76. The van der Waals surface area contributed by atoms with Crippen molar-refractivity contribution in [3.05, 3.63) is 38.9 Å². The lowest BCUT2D eigenvalue weighted by Gasteiger charge is -2.15. The van der Waals surface area contributed by atoms with Crippen LogP contribution in [0.2, 0.25) is 5.02 Å². The molecule has 1 aliphatic rings. The highest BCUT2D eigenvalue weighted by Crippen LogP contribution is 2.29. The van der Waals surface area contributed by atoms with Crippen LogP contribution in [0.15, 0.2) is 18.2 Å². The van der Waals surface area contributed by atoms with Crippen molar-refractivity contribution in [2.75, 3.05) is 13.1 Å². The second kappa shape index (κ2) is 4.71. The standard InChI is InChI=1S/C11H11ClN2O3/c12-9-5-3-4-8(10(9)14(16)17)11(15)13-6-1-2-7-13/h3-5H,1-2,6-7H2. The van der Waals surface area contributed by atoms with Crippen molar-refractivity contribution in [2.45, 2.75) is 12.8 Å². The van der Waals surface area contributed by atoms with E-state index in [1.165, 1.54) is 12.1 Å². The van der Waals surface area contributed by atoms with Gasteiger partial charge in [0.15, 0.2) is 0 Å². The summed E-state index contributed by atoms with van der Waals surface area (Å²) in [5.41, 5.74) is -0.226. The van der Waals surface area contributed by atoms with E-state index in [0.29, 0.717) is 13.1 Å². The number of carbonyl (C=O) groups excluding carboxylic acids is 1. The molecule has 0 unspecified atom stereocenters. The molecule has 0 aromatic heterocycles. The van der Waals surface area contributed by atoms with E-state index < -0.39 is 4.92 Å². The van der Waals surface area contributed by atoms with Gasteiger partial charge in [-0.2, -0.15) is 0 Å². The van der Waals surface area contributed by atoms with Crippen LogP contribution in [0.1, 0.15) is 23.2 Å². The molecule has 1 fully saturated rings. The largest absolute Gasteiger partial charge is 0.338 e. The number of hydrogen-bond acceptors (Lipinski definition) is 3. The van der Waals surface area contributed by atoms with Gasteiger partial charge in [0.05, 0.1) is 4.92 Å². The van der Waals surface area contributed by atoms with Crippen LogP contribution in [-0.4, -0.2) is 28.8 Å². The van der Waals surface area contributed by atoms with Crippen LogP contribution in [0.25, 0.3) is 0 Å². The Kier molecular flexibility index (Phi) is 3.28. The quantitative estimate of drug-likeness (QED) is 0.602. The number of amides is 1. The summed E-state index contributed by atoms with van der Waals surface area (Å²) in [5.74, 6) is -0.309. The summed E-state index contributed by atoms with van der Waals surface area (Å²) in [4.78, 5) is 24.0. The number of likely N-dealkylation sites (tertiary alicyclic amines) is 1. The van der Waals surface area contributed by atoms with Crippen LogP contribution in [0.5, 0.6) is 0 Å². The highest BCUT2D eigenvalue weighted by Gasteiger charge is 2.28. The third-order valence-electron chi connectivity index (χ3n) is 2.79. The third kappa shape index (κ3) is 2.24. The van der Waals surface area contributed by atoms with E-state index in [0.717, 1.165) is 12.8 Å². The van der Waals surface area contributed by atoms with Crippen molar-refractivity contribution in [3.8, 4) is 0 Å². The molecule has 1 amide bonds. The molecule has 90 valence electrons. The molecule has 0 radical (unpaired) electrons. The van der Waals surface area contributed by atoms with Crippen molar-refractivity contribution in [1.29, 1.82) is 0 Å². The summed E-state index contributed by atoms with van der Waals surface area (Å²) in [6.45, 7) is 1.31. The summed E-state index contributed by atoms with van der Waals surface area (Å²) < 4.78 is 0. The number of nitro benzene ring substituents is 1. The molecule has 6 heteroatoms. The van der Waals surface area contributed by atoms with E-state index in [4.69, 9.17) is 11.6 Å². The maximum absolute atomic E-state index is 12.1. The lowest BCUT2D eigenvalue weighted by atomic mass is 10.1. The second-order valence-electron chi connectivity index (χ2n) is 3.89. The van der Waals surface area contributed by atoms with E-state index in [1.54, 1.807) is 11.0 Å². The van der Waals surface area contributed by atoms with Crippen LogP contribution < -0.4 is 0 Å². The molecule has 0 N–H and O–H groups in total. The predicted molar refractivity (Wildman–Crippen MR) is 63.2 cm³/mol. The molecule has 0 spiro atoms. The van der Waals surface area contributed by atoms with Crippen LogP contribution >= 0.6 is 11.6 Å². The van der Waals surface area contributed by atoms with Gasteiger partial charge in [-0.1, -0.05) is 17.7 Å². The molecule has 1 aromatic carbocycles. The zero-order chi connectivity index (χ0) is 12.4. The minimum Gasteiger partial charge on any atom is -0.338 e. The molecule has 17 heavy (non-hydrogen) atoms. The normalized spacial score (nSPS) is 15.0. The summed E-state index contributed by atoms with van der Waals surface area (Å²) in [6, 6.07) is 4.42. The highest BCUT2D eigenvalue weighted by atomic mass is 35.5. The molecule has 5 nitrogen and oxygen atoms in total. The summed E-state index contributed by atoms with van der Waals surface area (Å²) in [5, 5.41) is 10.9. The number of benzene rings is 1. The van der Waals surface area contributed by atoms with Gasteiger partial charge >= 0.3 is 5.69 Å². The van der Waals surface area contributed by atoms with Gasteiger partial charge in [-0.15, -0.1) is 0 Å². The molecule has 0 saturated carbocycles. The van der Waals surface area contributed by atoms with Gasteiger partial charge in [-0.25, -0.2) is 0 Å². The third-order valence-corrected chi connectivity index (χ3v) is 3.10. The Labute approximate surface area is 103 Å². The number of nitrogens with zero attached hydrogens (tertiary/aromatic N) is 2. The molecular formula is C11H11ClN2O3. The van der Waals surface area contributed by atoms with E-state index in [9.17, 15) is 14.9 Å². The zero-order valence-corrected chi connectivity index (χ0v) is 9.81. The van der Waals surface area contributed by atoms with Crippen LogP contribution in [0.4, 0.5) is 5.69 Å². The maximum Gasteiger partial charge on any atom is 0.300 e. The maximum atomic E-state index is 12.1. The number of rotatable bonds is 2. The van der Waals surface area contributed by atoms with Crippen molar-refractivity contribution < 1.29 is 9.72 Å². The SMILES string of the molecule is O=C(c1cccc(Cl)c1[N+](=O)[O-])N1CCCC1. The van der Waals surface area contributed by atoms with Gasteiger partial charge in [-0.3, -0.25) is 14.9 Å². The Morgan fingerprint density at radius 3 is 2.59 bits per heavy atom. The monoisotopic (exact) mass is 254 g/mol. The van der Waals surface area contributed by atoms with Gasteiger partial charge in [0, 0.05) is 13.1 Å². The molecule has 1 aliphatic heterocycles. The first kappa shape index (κ1) is 11.9. The molecule has 0 atom stereocenters. The van der Waals surface area contributed by atoms with Crippen LogP contribution in [-0.2, 0) is 0 Å². The molecule has 1 heterocycles. The average Bonchev–Trinajstić information content (AvgIpc) is 2.80. The molecule has 1 saturated heterocycles. The summed E-state index contributed by atoms with van der Waals surface area (Å²) in [7, 11) is 0. The van der Waals surface area contributed by atoms with Gasteiger partial charge in [0.25, 0.3) is 5.91 Å².